The van der Waals surface area contributed by atoms with Gasteiger partial charge in [0.1, 0.15) is 18.1 Å². The second-order valence-electron chi connectivity index (χ2n) is 3.36. The Balaban J connectivity index is 2.27. The van der Waals surface area contributed by atoms with E-state index in [1.807, 2.05) is 0 Å². The fourth-order valence-electron chi connectivity index (χ4n) is 1.24. The molecule has 0 unspecified atom stereocenters. The summed E-state index contributed by atoms with van der Waals surface area (Å²) in [6.07, 6.45) is 0. The monoisotopic (exact) mass is 241 g/mol. The van der Waals surface area contributed by atoms with Crippen LogP contribution in [0.5, 0.6) is 11.5 Å². The van der Waals surface area contributed by atoms with Gasteiger partial charge in [-0.25, -0.2) is 0 Å². The van der Waals surface area contributed by atoms with E-state index in [-0.39, 0.29) is 0 Å². The molecule has 1 aromatic rings. The average molecular weight is 241 g/mol. The molecule has 2 N–H and O–H groups in total. The zero-order valence-corrected chi connectivity index (χ0v) is 10.3. The van der Waals surface area contributed by atoms with E-state index in [9.17, 15) is 0 Å². The number of methoxy groups -OCH3 is 2. The van der Waals surface area contributed by atoms with Crippen molar-refractivity contribution in [2.24, 2.45) is 0 Å². The van der Waals surface area contributed by atoms with E-state index in [2.05, 4.69) is 0 Å². The Morgan fingerprint density at radius 1 is 1.06 bits per heavy atom. The SMILES string of the molecule is COCCOCCOc1ccc(N)c(OC)c1. The van der Waals surface area contributed by atoms with Gasteiger partial charge in [0.05, 0.1) is 32.6 Å². The minimum absolute atomic E-state index is 0.483. The highest BCUT2D eigenvalue weighted by molar-refractivity contribution is 5.55. The molecule has 0 radical (unpaired) electrons. The van der Waals surface area contributed by atoms with Crippen LogP contribution in [0.4, 0.5) is 5.69 Å². The number of ether oxygens (including phenoxy) is 4. The first-order valence-corrected chi connectivity index (χ1v) is 5.41. The summed E-state index contributed by atoms with van der Waals surface area (Å²) in [5.74, 6) is 1.33. The van der Waals surface area contributed by atoms with Crippen LogP contribution in [0.2, 0.25) is 0 Å². The van der Waals surface area contributed by atoms with Crippen molar-refractivity contribution in [1.29, 1.82) is 0 Å². The van der Waals surface area contributed by atoms with Gasteiger partial charge in [0.15, 0.2) is 0 Å². The van der Waals surface area contributed by atoms with Crippen LogP contribution in [0.15, 0.2) is 18.2 Å². The lowest BCUT2D eigenvalue weighted by Gasteiger charge is -2.09. The van der Waals surface area contributed by atoms with Crippen molar-refractivity contribution in [3.63, 3.8) is 0 Å². The molecule has 0 saturated carbocycles. The third kappa shape index (κ3) is 4.93. The molecule has 0 aliphatic rings. The first-order chi connectivity index (χ1) is 8.27. The summed E-state index contributed by atoms with van der Waals surface area (Å²) in [6.45, 7) is 2.17. The fraction of sp³-hybridized carbons (Fsp3) is 0.500. The van der Waals surface area contributed by atoms with Crippen molar-refractivity contribution in [1.82, 2.24) is 0 Å². The van der Waals surface area contributed by atoms with Gasteiger partial charge < -0.3 is 24.7 Å². The van der Waals surface area contributed by atoms with Crippen LogP contribution in [-0.4, -0.2) is 40.6 Å². The summed E-state index contributed by atoms with van der Waals surface area (Å²) < 4.78 is 20.7. The highest BCUT2D eigenvalue weighted by Crippen LogP contribution is 2.26. The van der Waals surface area contributed by atoms with Crippen molar-refractivity contribution < 1.29 is 18.9 Å². The molecule has 0 aliphatic heterocycles. The summed E-state index contributed by atoms with van der Waals surface area (Å²) >= 11 is 0. The maximum absolute atomic E-state index is 5.69. The van der Waals surface area contributed by atoms with Crippen LogP contribution >= 0.6 is 0 Å². The van der Waals surface area contributed by atoms with Gasteiger partial charge in [-0.2, -0.15) is 0 Å². The van der Waals surface area contributed by atoms with E-state index in [1.165, 1.54) is 0 Å². The molecule has 1 rings (SSSR count). The van der Waals surface area contributed by atoms with Gasteiger partial charge >= 0.3 is 0 Å². The standard InChI is InChI=1S/C12H19NO4/c1-14-5-6-16-7-8-17-10-3-4-11(13)12(9-10)15-2/h3-4,9H,5-8,13H2,1-2H3. The number of rotatable bonds is 8. The Morgan fingerprint density at radius 3 is 2.53 bits per heavy atom. The van der Waals surface area contributed by atoms with E-state index in [0.29, 0.717) is 43.6 Å². The maximum Gasteiger partial charge on any atom is 0.145 e. The second kappa shape index (κ2) is 7.76. The van der Waals surface area contributed by atoms with E-state index in [4.69, 9.17) is 24.7 Å². The topological polar surface area (TPSA) is 62.9 Å². The number of nitrogen functional groups attached to an aromatic ring is 1. The third-order valence-corrected chi connectivity index (χ3v) is 2.13. The van der Waals surface area contributed by atoms with Crippen LogP contribution < -0.4 is 15.2 Å². The summed E-state index contributed by atoms with van der Waals surface area (Å²) in [7, 11) is 3.21. The average Bonchev–Trinajstić information content (AvgIpc) is 2.35. The van der Waals surface area contributed by atoms with Crippen molar-refractivity contribution >= 4 is 5.69 Å². The molecule has 5 nitrogen and oxygen atoms in total. The van der Waals surface area contributed by atoms with Gasteiger partial charge in [0.2, 0.25) is 0 Å². The van der Waals surface area contributed by atoms with E-state index < -0.39 is 0 Å². The number of nitrogens with two attached hydrogens (primary N) is 1. The molecule has 0 aromatic heterocycles. The molecular weight excluding hydrogens is 222 g/mol. The van der Waals surface area contributed by atoms with Gasteiger partial charge in [-0.15, -0.1) is 0 Å². The van der Waals surface area contributed by atoms with Gasteiger partial charge in [-0.1, -0.05) is 0 Å². The predicted octanol–water partition coefficient (Wildman–Crippen LogP) is 1.32. The summed E-state index contributed by atoms with van der Waals surface area (Å²) in [6, 6.07) is 5.30. The van der Waals surface area contributed by atoms with E-state index in [1.54, 1.807) is 32.4 Å². The van der Waals surface area contributed by atoms with Crippen LogP contribution in [0, 0.1) is 0 Å². The molecule has 0 amide bonds. The molecule has 0 spiro atoms. The smallest absolute Gasteiger partial charge is 0.145 e. The molecule has 17 heavy (non-hydrogen) atoms. The summed E-state index contributed by atoms with van der Waals surface area (Å²) in [5.41, 5.74) is 6.28. The maximum atomic E-state index is 5.69. The minimum atomic E-state index is 0.483. The lowest BCUT2D eigenvalue weighted by atomic mass is 10.3. The Morgan fingerprint density at radius 2 is 1.82 bits per heavy atom. The highest BCUT2D eigenvalue weighted by Gasteiger charge is 2.01. The van der Waals surface area contributed by atoms with Gasteiger partial charge in [0, 0.05) is 13.2 Å². The number of anilines is 1. The predicted molar refractivity (Wildman–Crippen MR) is 65.6 cm³/mol. The van der Waals surface area contributed by atoms with Crippen molar-refractivity contribution in [3.05, 3.63) is 18.2 Å². The molecule has 5 heteroatoms. The summed E-state index contributed by atoms with van der Waals surface area (Å²) in [5, 5.41) is 0. The molecule has 1 aromatic carbocycles. The first kappa shape index (κ1) is 13.6. The molecule has 0 bridgehead atoms. The van der Waals surface area contributed by atoms with Crippen molar-refractivity contribution in [3.8, 4) is 11.5 Å². The quantitative estimate of drug-likeness (QED) is 0.549. The van der Waals surface area contributed by atoms with Crippen LogP contribution in [0.3, 0.4) is 0 Å². The number of hydrogen-bond acceptors (Lipinski definition) is 5. The second-order valence-corrected chi connectivity index (χ2v) is 3.36. The largest absolute Gasteiger partial charge is 0.494 e. The highest BCUT2D eigenvalue weighted by atomic mass is 16.5. The molecule has 0 atom stereocenters. The van der Waals surface area contributed by atoms with Crippen LogP contribution in [-0.2, 0) is 9.47 Å². The Hall–Kier alpha value is -1.46. The van der Waals surface area contributed by atoms with E-state index >= 15 is 0 Å². The van der Waals surface area contributed by atoms with Gasteiger partial charge in [0.25, 0.3) is 0 Å². The summed E-state index contributed by atoms with van der Waals surface area (Å²) in [4.78, 5) is 0. The lowest BCUT2D eigenvalue weighted by molar-refractivity contribution is 0.0544. The zero-order valence-electron chi connectivity index (χ0n) is 10.3. The third-order valence-electron chi connectivity index (χ3n) is 2.13. The molecule has 0 fully saturated rings. The van der Waals surface area contributed by atoms with Crippen molar-refractivity contribution in [2.45, 2.75) is 0 Å². The Bertz CT molecular complexity index is 330. The molecule has 0 heterocycles. The number of benzene rings is 1. The molecule has 0 aliphatic carbocycles. The lowest BCUT2D eigenvalue weighted by Crippen LogP contribution is -2.10. The molecular formula is C12H19NO4. The van der Waals surface area contributed by atoms with Gasteiger partial charge in [-0.05, 0) is 12.1 Å². The first-order valence-electron chi connectivity index (χ1n) is 5.41. The Labute approximate surface area is 101 Å². The van der Waals surface area contributed by atoms with Gasteiger partial charge in [-0.3, -0.25) is 0 Å². The molecule has 0 saturated heterocycles. The van der Waals surface area contributed by atoms with Crippen molar-refractivity contribution in [2.75, 3.05) is 46.4 Å². The van der Waals surface area contributed by atoms with E-state index in [0.717, 1.165) is 0 Å². The normalized spacial score (nSPS) is 10.2. The zero-order chi connectivity index (χ0) is 12.5. The fourth-order valence-corrected chi connectivity index (χ4v) is 1.24. The van der Waals surface area contributed by atoms with Crippen LogP contribution in [0.1, 0.15) is 0 Å². The minimum Gasteiger partial charge on any atom is -0.494 e. The molecule has 96 valence electrons. The Kier molecular flexibility index (Phi) is 6.21. The number of hydrogen-bond donors (Lipinski definition) is 1. The van der Waals surface area contributed by atoms with Crippen LogP contribution in [0.25, 0.3) is 0 Å².